The largest absolute Gasteiger partial charge is 0.375 e. The van der Waals surface area contributed by atoms with E-state index in [4.69, 9.17) is 12.2 Å². The predicted molar refractivity (Wildman–Crippen MR) is 72.9 cm³/mol. The molecule has 2 rings (SSSR count). The van der Waals surface area contributed by atoms with Gasteiger partial charge in [-0.3, -0.25) is 0 Å². The van der Waals surface area contributed by atoms with Crippen LogP contribution in [0.2, 0.25) is 0 Å². The summed E-state index contributed by atoms with van der Waals surface area (Å²) < 4.78 is 0.0778. The summed E-state index contributed by atoms with van der Waals surface area (Å²) in [6, 6.07) is 0. The maximum absolute atomic E-state index is 5.31. The summed E-state index contributed by atoms with van der Waals surface area (Å²) >= 11 is 7.75. The number of alkyl halides is 1. The van der Waals surface area contributed by atoms with Gasteiger partial charge in [0, 0.05) is 12.1 Å². The molecule has 3 heteroatoms. The van der Waals surface area contributed by atoms with Crippen LogP contribution in [0.5, 0.6) is 0 Å². The van der Waals surface area contributed by atoms with Gasteiger partial charge in [-0.05, 0) is 18.9 Å². The molecule has 74 valence electrons. The highest BCUT2D eigenvalue weighted by Gasteiger charge is 2.22. The zero-order valence-electron chi connectivity index (χ0n) is 8.01. The summed E-state index contributed by atoms with van der Waals surface area (Å²) in [5.41, 5.74) is 2.58. The summed E-state index contributed by atoms with van der Waals surface area (Å²) in [6.07, 6.45) is 9.84. The SMILES string of the molecule is CC1(I)C=CC=C2CCNC(=S)C2=C1. The maximum Gasteiger partial charge on any atom is 0.106 e. The lowest BCUT2D eigenvalue weighted by molar-refractivity contribution is 0.841. The van der Waals surface area contributed by atoms with Crippen LogP contribution in [0.15, 0.2) is 35.5 Å². The summed E-state index contributed by atoms with van der Waals surface area (Å²) in [6.45, 7) is 3.15. The van der Waals surface area contributed by atoms with Gasteiger partial charge in [-0.1, -0.05) is 59.1 Å². The smallest absolute Gasteiger partial charge is 0.106 e. The lowest BCUT2D eigenvalue weighted by Crippen LogP contribution is -2.31. The molecule has 1 aliphatic heterocycles. The molecule has 2 aliphatic rings. The minimum atomic E-state index is 0.0778. The summed E-state index contributed by atoms with van der Waals surface area (Å²) in [5.74, 6) is 0. The van der Waals surface area contributed by atoms with Crippen LogP contribution >= 0.6 is 34.8 Å². The van der Waals surface area contributed by atoms with Crippen LogP contribution in [-0.2, 0) is 0 Å². The first kappa shape index (κ1) is 10.4. The molecule has 0 aromatic rings. The number of piperidine rings is 1. The second-order valence-electron chi connectivity index (χ2n) is 3.77. The average Bonchev–Trinajstić information content (AvgIpc) is 2.24. The minimum absolute atomic E-state index is 0.0778. The fraction of sp³-hybridized carbons (Fsp3) is 0.364. The van der Waals surface area contributed by atoms with Crippen molar-refractivity contribution in [3.05, 3.63) is 35.5 Å². The van der Waals surface area contributed by atoms with Crippen molar-refractivity contribution < 1.29 is 0 Å². The third-order valence-electron chi connectivity index (χ3n) is 2.42. The Bertz CT molecular complexity index is 363. The molecule has 1 fully saturated rings. The van der Waals surface area contributed by atoms with Gasteiger partial charge in [0.25, 0.3) is 0 Å². The predicted octanol–water partition coefficient (Wildman–Crippen LogP) is 2.92. The number of thiocarbonyl (C=S) groups is 1. The van der Waals surface area contributed by atoms with Gasteiger partial charge in [-0.2, -0.15) is 0 Å². The number of hydrogen-bond acceptors (Lipinski definition) is 1. The molecule has 0 aromatic heterocycles. The molecule has 1 N–H and O–H groups in total. The van der Waals surface area contributed by atoms with Crippen molar-refractivity contribution in [3.63, 3.8) is 0 Å². The number of rotatable bonds is 0. The van der Waals surface area contributed by atoms with E-state index in [0.29, 0.717) is 0 Å². The van der Waals surface area contributed by atoms with Crippen LogP contribution in [0.25, 0.3) is 0 Å². The van der Waals surface area contributed by atoms with E-state index in [1.54, 1.807) is 0 Å². The molecule has 0 spiro atoms. The van der Waals surface area contributed by atoms with Crippen LogP contribution in [0.4, 0.5) is 0 Å². The van der Waals surface area contributed by atoms with Gasteiger partial charge >= 0.3 is 0 Å². The van der Waals surface area contributed by atoms with Crippen molar-refractivity contribution in [2.45, 2.75) is 16.8 Å². The lowest BCUT2D eigenvalue weighted by atomic mass is 9.97. The zero-order valence-corrected chi connectivity index (χ0v) is 11.0. The quantitative estimate of drug-likeness (QED) is 0.419. The van der Waals surface area contributed by atoms with Crippen molar-refractivity contribution in [2.75, 3.05) is 6.54 Å². The van der Waals surface area contributed by atoms with E-state index in [1.807, 2.05) is 0 Å². The summed E-state index contributed by atoms with van der Waals surface area (Å²) in [7, 11) is 0. The Morgan fingerprint density at radius 2 is 2.36 bits per heavy atom. The molecule has 1 atom stereocenters. The van der Waals surface area contributed by atoms with Gasteiger partial charge in [0.2, 0.25) is 0 Å². The zero-order chi connectivity index (χ0) is 10.2. The number of nitrogens with one attached hydrogen (secondary N) is 1. The number of allylic oxidation sites excluding steroid dienone is 4. The third-order valence-corrected chi connectivity index (χ3v) is 3.45. The molecule has 14 heavy (non-hydrogen) atoms. The van der Waals surface area contributed by atoms with E-state index in [9.17, 15) is 0 Å². The Morgan fingerprint density at radius 3 is 3.14 bits per heavy atom. The van der Waals surface area contributed by atoms with Gasteiger partial charge in [0.1, 0.15) is 4.99 Å². The first-order valence-corrected chi connectivity index (χ1v) is 6.16. The fourth-order valence-corrected chi connectivity index (χ4v) is 2.51. The molecule has 1 unspecified atom stereocenters. The molecule has 1 heterocycles. The molecule has 0 radical (unpaired) electrons. The number of fused-ring (bicyclic) bond motifs is 1. The van der Waals surface area contributed by atoms with Crippen molar-refractivity contribution in [3.8, 4) is 0 Å². The van der Waals surface area contributed by atoms with Crippen molar-refractivity contribution in [1.29, 1.82) is 0 Å². The first-order chi connectivity index (χ1) is 6.58. The molecular formula is C11H12INS. The topological polar surface area (TPSA) is 12.0 Å². The van der Waals surface area contributed by atoms with E-state index in [2.05, 4.69) is 59.1 Å². The van der Waals surface area contributed by atoms with Crippen molar-refractivity contribution in [1.82, 2.24) is 5.32 Å². The summed E-state index contributed by atoms with van der Waals surface area (Å²) in [4.78, 5) is 0.897. The highest BCUT2D eigenvalue weighted by Crippen LogP contribution is 2.31. The molecule has 1 nitrogen and oxygen atoms in total. The van der Waals surface area contributed by atoms with Crippen LogP contribution in [-0.4, -0.2) is 15.0 Å². The number of hydrogen-bond donors (Lipinski definition) is 1. The van der Waals surface area contributed by atoms with Gasteiger partial charge < -0.3 is 5.32 Å². The second kappa shape index (κ2) is 3.77. The normalized spacial score (nSPS) is 31.1. The molecule has 0 bridgehead atoms. The molecule has 0 aromatic carbocycles. The average molecular weight is 317 g/mol. The van der Waals surface area contributed by atoms with Crippen LogP contribution in [0.1, 0.15) is 13.3 Å². The van der Waals surface area contributed by atoms with E-state index in [1.165, 1.54) is 11.1 Å². The van der Waals surface area contributed by atoms with Gasteiger partial charge in [0.05, 0.1) is 3.42 Å². The Kier molecular flexibility index (Phi) is 2.79. The van der Waals surface area contributed by atoms with Crippen LogP contribution < -0.4 is 5.32 Å². The fourth-order valence-electron chi connectivity index (χ4n) is 1.70. The van der Waals surface area contributed by atoms with Gasteiger partial charge in [-0.25, -0.2) is 0 Å². The van der Waals surface area contributed by atoms with Gasteiger partial charge in [-0.15, -0.1) is 0 Å². The molecule has 0 amide bonds. The first-order valence-electron chi connectivity index (χ1n) is 4.67. The molecular weight excluding hydrogens is 305 g/mol. The maximum atomic E-state index is 5.31. The monoisotopic (exact) mass is 317 g/mol. The Hall–Kier alpha value is -0.160. The number of halogens is 1. The Morgan fingerprint density at radius 1 is 1.57 bits per heavy atom. The van der Waals surface area contributed by atoms with E-state index >= 15 is 0 Å². The van der Waals surface area contributed by atoms with Crippen molar-refractivity contribution >= 4 is 39.8 Å². The Labute approximate surface area is 103 Å². The van der Waals surface area contributed by atoms with E-state index in [0.717, 1.165) is 18.0 Å². The highest BCUT2D eigenvalue weighted by atomic mass is 127. The molecule has 0 saturated carbocycles. The van der Waals surface area contributed by atoms with Gasteiger partial charge in [0.15, 0.2) is 0 Å². The van der Waals surface area contributed by atoms with E-state index < -0.39 is 0 Å². The van der Waals surface area contributed by atoms with E-state index in [-0.39, 0.29) is 3.42 Å². The summed E-state index contributed by atoms with van der Waals surface area (Å²) in [5, 5.41) is 3.24. The minimum Gasteiger partial charge on any atom is -0.375 e. The molecule has 1 aliphatic carbocycles. The molecule has 1 saturated heterocycles. The second-order valence-corrected chi connectivity index (χ2v) is 6.50. The lowest BCUT2D eigenvalue weighted by Gasteiger charge is -2.22. The highest BCUT2D eigenvalue weighted by molar-refractivity contribution is 14.1. The van der Waals surface area contributed by atoms with Crippen molar-refractivity contribution in [2.24, 2.45) is 0 Å². The third kappa shape index (κ3) is 2.08. The Balaban J connectivity index is 2.45. The van der Waals surface area contributed by atoms with Crippen LogP contribution in [0, 0.1) is 0 Å². The van der Waals surface area contributed by atoms with Crippen LogP contribution in [0.3, 0.4) is 0 Å². The standard InChI is InChI=1S/C11H12INS/c1-11(12)5-2-3-8-4-6-13-10(14)9(8)7-11/h2-3,5,7H,4,6H2,1H3,(H,13,14).